The number of hydrogen-bond donors (Lipinski definition) is 2. The first kappa shape index (κ1) is 11.7. The zero-order valence-corrected chi connectivity index (χ0v) is 9.45. The maximum atomic E-state index is 11.0. The lowest BCUT2D eigenvalue weighted by Gasteiger charge is -2.20. The minimum atomic E-state index is -0.954. The highest BCUT2D eigenvalue weighted by atomic mass is 16.1. The van der Waals surface area contributed by atoms with Crippen LogP contribution in [0.5, 0.6) is 0 Å². The summed E-state index contributed by atoms with van der Waals surface area (Å²) in [5, 5.41) is 0. The predicted octanol–water partition coefficient (Wildman–Crippen LogP) is 0.0927. The maximum absolute atomic E-state index is 11.0. The second kappa shape index (κ2) is 4.02. The van der Waals surface area contributed by atoms with Crippen molar-refractivity contribution in [3.05, 3.63) is 17.7 Å². The zero-order chi connectivity index (χ0) is 11.6. The van der Waals surface area contributed by atoms with Crippen molar-refractivity contribution in [2.24, 2.45) is 11.5 Å². The number of primary amides is 1. The molecule has 84 valence electrons. The molecule has 1 amide bonds. The summed E-state index contributed by atoms with van der Waals surface area (Å²) >= 11 is 0. The zero-order valence-electron chi connectivity index (χ0n) is 9.45. The third kappa shape index (κ3) is 2.56. The van der Waals surface area contributed by atoms with E-state index in [1.54, 1.807) is 13.3 Å². The predicted molar refractivity (Wildman–Crippen MR) is 58.1 cm³/mol. The molecule has 5 heteroatoms. The Morgan fingerprint density at radius 3 is 2.60 bits per heavy atom. The molecule has 1 heterocycles. The normalized spacial score (nSPS) is 14.9. The summed E-state index contributed by atoms with van der Waals surface area (Å²) in [6.07, 6.45) is 2.26. The summed E-state index contributed by atoms with van der Waals surface area (Å²) in [5.41, 5.74) is 12.1. The fraction of sp³-hybridized carbons (Fsp3) is 0.600. The van der Waals surface area contributed by atoms with Crippen LogP contribution in [0.4, 0.5) is 0 Å². The summed E-state index contributed by atoms with van der Waals surface area (Å²) in [6, 6.07) is 0. The molecule has 1 unspecified atom stereocenters. The highest BCUT2D eigenvalue weighted by Gasteiger charge is 2.25. The molecule has 1 aromatic rings. The first-order chi connectivity index (χ1) is 6.84. The molecular formula is C10H18N4O. The Morgan fingerprint density at radius 2 is 2.20 bits per heavy atom. The van der Waals surface area contributed by atoms with E-state index in [-0.39, 0.29) is 0 Å². The number of aromatic nitrogens is 2. The van der Waals surface area contributed by atoms with Crippen molar-refractivity contribution in [2.45, 2.75) is 39.3 Å². The van der Waals surface area contributed by atoms with Gasteiger partial charge in [-0.2, -0.15) is 0 Å². The lowest BCUT2D eigenvalue weighted by atomic mass is 9.99. The van der Waals surface area contributed by atoms with E-state index >= 15 is 0 Å². The Labute approximate surface area is 89.5 Å². The molecule has 0 aromatic carbocycles. The molecule has 0 saturated heterocycles. The largest absolute Gasteiger partial charge is 0.368 e. The number of imidazole rings is 1. The summed E-state index contributed by atoms with van der Waals surface area (Å²) in [4.78, 5) is 15.2. The quantitative estimate of drug-likeness (QED) is 0.738. The summed E-state index contributed by atoms with van der Waals surface area (Å²) in [7, 11) is 0. The molecule has 0 saturated carbocycles. The highest BCUT2D eigenvalue weighted by molar-refractivity contribution is 5.83. The lowest BCUT2D eigenvalue weighted by Crippen LogP contribution is -2.49. The Hall–Kier alpha value is -1.36. The molecule has 0 aliphatic heterocycles. The van der Waals surface area contributed by atoms with Crippen molar-refractivity contribution in [2.75, 3.05) is 0 Å². The van der Waals surface area contributed by atoms with Gasteiger partial charge in [0.2, 0.25) is 5.91 Å². The fourth-order valence-corrected chi connectivity index (χ4v) is 1.25. The number of amides is 1. The summed E-state index contributed by atoms with van der Waals surface area (Å²) in [5.74, 6) is -0.475. The molecule has 0 bridgehead atoms. The molecule has 0 aliphatic rings. The van der Waals surface area contributed by atoms with Gasteiger partial charge in [-0.25, -0.2) is 4.98 Å². The van der Waals surface area contributed by atoms with Crippen LogP contribution in [0.25, 0.3) is 0 Å². The third-order valence-corrected chi connectivity index (χ3v) is 2.78. The van der Waals surface area contributed by atoms with Crippen LogP contribution in [-0.2, 0) is 11.3 Å². The maximum Gasteiger partial charge on any atom is 0.237 e. The van der Waals surface area contributed by atoms with Crippen molar-refractivity contribution < 1.29 is 4.79 Å². The molecule has 1 rings (SSSR count). The van der Waals surface area contributed by atoms with E-state index < -0.39 is 11.4 Å². The van der Waals surface area contributed by atoms with E-state index in [2.05, 4.69) is 4.98 Å². The molecule has 0 radical (unpaired) electrons. The number of carbonyl (C=O) groups excluding carboxylic acids is 1. The van der Waals surface area contributed by atoms with Gasteiger partial charge in [0, 0.05) is 12.2 Å². The molecule has 4 N–H and O–H groups in total. The monoisotopic (exact) mass is 210 g/mol. The van der Waals surface area contributed by atoms with Gasteiger partial charge in [0.05, 0.1) is 17.6 Å². The van der Waals surface area contributed by atoms with Gasteiger partial charge in [0.1, 0.15) is 0 Å². The van der Waals surface area contributed by atoms with Crippen LogP contribution >= 0.6 is 0 Å². The summed E-state index contributed by atoms with van der Waals surface area (Å²) < 4.78 is 1.98. The van der Waals surface area contributed by atoms with Crippen molar-refractivity contribution in [1.82, 2.24) is 9.55 Å². The first-order valence-electron chi connectivity index (χ1n) is 4.91. The van der Waals surface area contributed by atoms with Crippen molar-refractivity contribution in [1.29, 1.82) is 0 Å². The highest BCUT2D eigenvalue weighted by Crippen LogP contribution is 2.10. The van der Waals surface area contributed by atoms with Gasteiger partial charge in [-0.05, 0) is 27.2 Å². The average molecular weight is 210 g/mol. The lowest BCUT2D eigenvalue weighted by molar-refractivity contribution is -0.122. The van der Waals surface area contributed by atoms with E-state index in [9.17, 15) is 4.79 Å². The van der Waals surface area contributed by atoms with Gasteiger partial charge in [-0.3, -0.25) is 4.79 Å². The van der Waals surface area contributed by atoms with Gasteiger partial charge in [-0.1, -0.05) is 0 Å². The second-order valence-corrected chi connectivity index (χ2v) is 4.14. The van der Waals surface area contributed by atoms with Crippen LogP contribution < -0.4 is 11.5 Å². The molecule has 15 heavy (non-hydrogen) atoms. The minimum absolute atomic E-state index is 0.475. The van der Waals surface area contributed by atoms with Gasteiger partial charge in [0.25, 0.3) is 0 Å². The van der Waals surface area contributed by atoms with Crippen LogP contribution in [0.15, 0.2) is 6.33 Å². The van der Waals surface area contributed by atoms with E-state index in [1.165, 1.54) is 0 Å². The third-order valence-electron chi connectivity index (χ3n) is 2.78. The van der Waals surface area contributed by atoms with Crippen molar-refractivity contribution >= 4 is 5.91 Å². The van der Waals surface area contributed by atoms with Crippen LogP contribution in [-0.4, -0.2) is 21.0 Å². The SMILES string of the molecule is Cc1ncn(CCC(C)(N)C(N)=O)c1C. The molecule has 0 spiro atoms. The van der Waals surface area contributed by atoms with E-state index in [0.717, 1.165) is 11.4 Å². The Balaban J connectivity index is 2.65. The Morgan fingerprint density at radius 1 is 1.60 bits per heavy atom. The number of carbonyl (C=O) groups is 1. The van der Waals surface area contributed by atoms with E-state index in [4.69, 9.17) is 11.5 Å². The average Bonchev–Trinajstić information content (AvgIpc) is 2.45. The van der Waals surface area contributed by atoms with Crippen LogP contribution in [0.1, 0.15) is 24.7 Å². The van der Waals surface area contributed by atoms with Crippen LogP contribution in [0.3, 0.4) is 0 Å². The fourth-order valence-electron chi connectivity index (χ4n) is 1.25. The molecule has 0 fully saturated rings. The van der Waals surface area contributed by atoms with Gasteiger partial charge >= 0.3 is 0 Å². The van der Waals surface area contributed by atoms with E-state index in [0.29, 0.717) is 13.0 Å². The second-order valence-electron chi connectivity index (χ2n) is 4.14. The first-order valence-corrected chi connectivity index (χ1v) is 4.91. The van der Waals surface area contributed by atoms with Gasteiger partial charge < -0.3 is 16.0 Å². The van der Waals surface area contributed by atoms with Crippen molar-refractivity contribution in [3.63, 3.8) is 0 Å². The summed E-state index contributed by atoms with van der Waals surface area (Å²) in [6.45, 7) is 6.24. The minimum Gasteiger partial charge on any atom is -0.368 e. The Bertz CT molecular complexity index is 367. The standard InChI is InChI=1S/C10H18N4O/c1-7-8(2)14(6-13-7)5-4-10(3,12)9(11)15/h6H,4-5,12H2,1-3H3,(H2,11,15). The van der Waals surface area contributed by atoms with Crippen LogP contribution in [0.2, 0.25) is 0 Å². The molecule has 5 nitrogen and oxygen atoms in total. The van der Waals surface area contributed by atoms with Gasteiger partial charge in [0.15, 0.2) is 0 Å². The molecule has 1 aromatic heterocycles. The number of rotatable bonds is 4. The topological polar surface area (TPSA) is 86.9 Å². The smallest absolute Gasteiger partial charge is 0.237 e. The Kier molecular flexibility index (Phi) is 3.14. The number of nitrogens with two attached hydrogens (primary N) is 2. The van der Waals surface area contributed by atoms with E-state index in [1.807, 2.05) is 18.4 Å². The molecule has 1 atom stereocenters. The van der Waals surface area contributed by atoms with Crippen molar-refractivity contribution in [3.8, 4) is 0 Å². The molecular weight excluding hydrogens is 192 g/mol. The van der Waals surface area contributed by atoms with Gasteiger partial charge in [-0.15, -0.1) is 0 Å². The van der Waals surface area contributed by atoms with Crippen LogP contribution in [0, 0.1) is 13.8 Å². The number of aryl methyl sites for hydroxylation is 2. The number of nitrogens with zero attached hydrogens (tertiary/aromatic N) is 2. The molecule has 0 aliphatic carbocycles. The number of hydrogen-bond acceptors (Lipinski definition) is 3.